The largest absolute Gasteiger partial charge is 0.364 e. The van der Waals surface area contributed by atoms with Gasteiger partial charge in [0.1, 0.15) is 17.2 Å². The molecule has 1 N–H and O–H groups in total. The van der Waals surface area contributed by atoms with Crippen LogP contribution in [0.3, 0.4) is 0 Å². The normalized spacial score (nSPS) is 14.6. The monoisotopic (exact) mass is 449 g/mol. The minimum absolute atomic E-state index is 0.0647. The number of hydrogen-bond acceptors (Lipinski definition) is 5. The third-order valence-electron chi connectivity index (χ3n) is 5.66. The molecule has 3 aromatic heterocycles. The van der Waals surface area contributed by atoms with E-state index in [2.05, 4.69) is 46.3 Å². The molecule has 1 aliphatic carbocycles. The van der Waals surface area contributed by atoms with E-state index in [0.717, 1.165) is 22.4 Å². The fourth-order valence-electron chi connectivity index (χ4n) is 3.80. The molecule has 0 saturated heterocycles. The Morgan fingerprint density at radius 1 is 0.971 bits per heavy atom. The second-order valence-electron chi connectivity index (χ2n) is 8.80. The average molecular weight is 450 g/mol. The summed E-state index contributed by atoms with van der Waals surface area (Å²) in [4.78, 5) is 17.8. The van der Waals surface area contributed by atoms with Crippen LogP contribution in [0.2, 0.25) is 0 Å². The number of fused-ring (bicyclic) bond motifs is 1. The highest BCUT2D eigenvalue weighted by molar-refractivity contribution is 5.94. The lowest BCUT2D eigenvalue weighted by Gasteiger charge is -2.14. The summed E-state index contributed by atoms with van der Waals surface area (Å²) in [6.07, 6.45) is 15.4. The Bertz CT molecular complexity index is 1420. The van der Waals surface area contributed by atoms with Crippen molar-refractivity contribution in [2.45, 2.75) is 20.4 Å². The van der Waals surface area contributed by atoms with Crippen LogP contribution in [0.1, 0.15) is 25.1 Å². The highest BCUT2D eigenvalue weighted by Gasteiger charge is 2.17. The standard InChI is InChI=1S/C28H24FN5/c1-28(2)11-5-7-19(10-12-28)21-15-23-25(24(29)16-21)33-26(20-8-6-13-30-17-20)34-27(23)32-18-22-9-3-4-14-31-22/h3-17H,18H2,1-2H3,(H,32,33,34). The summed E-state index contributed by atoms with van der Waals surface area (Å²) in [5.74, 6) is 0.557. The molecule has 5 rings (SSSR count). The Labute approximate surface area is 197 Å². The van der Waals surface area contributed by atoms with E-state index in [-0.39, 0.29) is 10.9 Å². The van der Waals surface area contributed by atoms with Crippen LogP contribution >= 0.6 is 0 Å². The number of allylic oxidation sites excluding steroid dienone is 6. The van der Waals surface area contributed by atoms with Gasteiger partial charge >= 0.3 is 0 Å². The molecule has 4 aromatic rings. The van der Waals surface area contributed by atoms with Crippen molar-refractivity contribution in [2.24, 2.45) is 5.41 Å². The van der Waals surface area contributed by atoms with Crippen molar-refractivity contribution in [1.82, 2.24) is 19.9 Å². The lowest BCUT2D eigenvalue weighted by Crippen LogP contribution is -2.06. The van der Waals surface area contributed by atoms with E-state index in [1.807, 2.05) is 54.6 Å². The number of nitrogens with one attached hydrogen (secondary N) is 1. The first kappa shape index (κ1) is 21.6. The van der Waals surface area contributed by atoms with Crippen molar-refractivity contribution in [3.8, 4) is 11.4 Å². The molecule has 0 bridgehead atoms. The smallest absolute Gasteiger partial charge is 0.163 e. The van der Waals surface area contributed by atoms with E-state index in [1.54, 1.807) is 18.6 Å². The second kappa shape index (κ2) is 8.98. The van der Waals surface area contributed by atoms with Crippen LogP contribution in [-0.2, 0) is 6.54 Å². The Kier molecular flexibility index (Phi) is 5.72. The molecule has 3 heterocycles. The summed E-state index contributed by atoms with van der Waals surface area (Å²) in [6, 6.07) is 12.9. The predicted molar refractivity (Wildman–Crippen MR) is 134 cm³/mol. The Morgan fingerprint density at radius 2 is 1.88 bits per heavy atom. The molecule has 1 aliphatic rings. The lowest BCUT2D eigenvalue weighted by atomic mass is 9.92. The fraction of sp³-hybridized carbons (Fsp3) is 0.143. The van der Waals surface area contributed by atoms with Gasteiger partial charge in [-0.05, 0) is 47.5 Å². The summed E-state index contributed by atoms with van der Waals surface area (Å²) in [5.41, 5.74) is 3.46. The van der Waals surface area contributed by atoms with E-state index in [9.17, 15) is 0 Å². The summed E-state index contributed by atoms with van der Waals surface area (Å²) >= 11 is 0. The Morgan fingerprint density at radius 3 is 2.68 bits per heavy atom. The van der Waals surface area contributed by atoms with Crippen molar-refractivity contribution < 1.29 is 4.39 Å². The number of rotatable bonds is 5. The van der Waals surface area contributed by atoms with Crippen molar-refractivity contribution in [3.63, 3.8) is 0 Å². The van der Waals surface area contributed by atoms with Crippen molar-refractivity contribution in [2.75, 3.05) is 5.32 Å². The van der Waals surface area contributed by atoms with E-state index in [4.69, 9.17) is 4.98 Å². The predicted octanol–water partition coefficient (Wildman–Crippen LogP) is 6.37. The van der Waals surface area contributed by atoms with Gasteiger partial charge in [-0.25, -0.2) is 14.4 Å². The molecule has 168 valence electrons. The number of pyridine rings is 2. The Hall–Kier alpha value is -4.19. The molecule has 34 heavy (non-hydrogen) atoms. The number of anilines is 1. The molecular weight excluding hydrogens is 425 g/mol. The number of hydrogen-bond donors (Lipinski definition) is 1. The number of aromatic nitrogens is 4. The van der Waals surface area contributed by atoms with Gasteiger partial charge in [-0.15, -0.1) is 0 Å². The molecule has 0 aliphatic heterocycles. The topological polar surface area (TPSA) is 63.6 Å². The summed E-state index contributed by atoms with van der Waals surface area (Å²) in [7, 11) is 0. The maximum absolute atomic E-state index is 15.5. The van der Waals surface area contributed by atoms with Gasteiger partial charge < -0.3 is 5.32 Å². The zero-order valence-corrected chi connectivity index (χ0v) is 19.0. The molecule has 6 heteroatoms. The zero-order chi connectivity index (χ0) is 23.5. The molecule has 0 radical (unpaired) electrons. The first-order chi connectivity index (χ1) is 16.5. The molecule has 0 atom stereocenters. The van der Waals surface area contributed by atoms with Gasteiger partial charge in [-0.3, -0.25) is 9.97 Å². The SMILES string of the molecule is CC1(C)C=CC=C(c2cc(F)c3nc(-c4cccnc4)nc(NCc4ccccn4)c3c2)C=C1. The van der Waals surface area contributed by atoms with E-state index >= 15 is 4.39 Å². The summed E-state index contributed by atoms with van der Waals surface area (Å²) in [6.45, 7) is 4.71. The van der Waals surface area contributed by atoms with Gasteiger partial charge in [0.05, 0.1) is 12.2 Å². The van der Waals surface area contributed by atoms with E-state index in [1.165, 1.54) is 6.07 Å². The maximum Gasteiger partial charge on any atom is 0.163 e. The molecule has 0 unspecified atom stereocenters. The van der Waals surface area contributed by atoms with Crippen molar-refractivity contribution in [1.29, 1.82) is 0 Å². The molecule has 1 aromatic carbocycles. The van der Waals surface area contributed by atoms with Gasteiger partial charge in [-0.2, -0.15) is 0 Å². The number of halogens is 1. The highest BCUT2D eigenvalue weighted by Crippen LogP contribution is 2.32. The van der Waals surface area contributed by atoms with Crippen LogP contribution in [0.15, 0.2) is 91.4 Å². The summed E-state index contributed by atoms with van der Waals surface area (Å²) in [5, 5.41) is 3.96. The third-order valence-corrected chi connectivity index (χ3v) is 5.66. The quantitative estimate of drug-likeness (QED) is 0.383. The van der Waals surface area contributed by atoms with Gasteiger partial charge in [0.15, 0.2) is 5.82 Å². The van der Waals surface area contributed by atoms with Crippen LogP contribution in [0.4, 0.5) is 10.2 Å². The van der Waals surface area contributed by atoms with E-state index < -0.39 is 5.82 Å². The second-order valence-corrected chi connectivity index (χ2v) is 8.80. The molecule has 0 saturated carbocycles. The average Bonchev–Trinajstić information content (AvgIpc) is 3.04. The van der Waals surface area contributed by atoms with Crippen LogP contribution in [0, 0.1) is 11.2 Å². The van der Waals surface area contributed by atoms with Crippen LogP contribution in [0.25, 0.3) is 27.9 Å². The van der Waals surface area contributed by atoms with Gasteiger partial charge in [0.2, 0.25) is 0 Å². The number of benzene rings is 1. The van der Waals surface area contributed by atoms with E-state index in [0.29, 0.717) is 23.6 Å². The van der Waals surface area contributed by atoms with Crippen molar-refractivity contribution >= 4 is 22.3 Å². The molecule has 0 spiro atoms. The lowest BCUT2D eigenvalue weighted by molar-refractivity contribution is 0.627. The van der Waals surface area contributed by atoms with Crippen molar-refractivity contribution in [3.05, 3.63) is 109 Å². The first-order valence-electron chi connectivity index (χ1n) is 11.1. The minimum atomic E-state index is -0.400. The number of nitrogens with zero attached hydrogens (tertiary/aromatic N) is 4. The molecule has 0 fully saturated rings. The van der Waals surface area contributed by atoms with Crippen LogP contribution in [0.5, 0.6) is 0 Å². The van der Waals surface area contributed by atoms with Gasteiger partial charge in [-0.1, -0.05) is 50.3 Å². The summed E-state index contributed by atoms with van der Waals surface area (Å²) < 4.78 is 15.5. The minimum Gasteiger partial charge on any atom is -0.364 e. The van der Waals surface area contributed by atoms with Gasteiger partial charge in [0, 0.05) is 35.0 Å². The molecular formula is C28H24FN5. The highest BCUT2D eigenvalue weighted by atomic mass is 19.1. The fourth-order valence-corrected chi connectivity index (χ4v) is 3.80. The zero-order valence-electron chi connectivity index (χ0n) is 19.0. The molecule has 5 nitrogen and oxygen atoms in total. The van der Waals surface area contributed by atoms with Gasteiger partial charge in [0.25, 0.3) is 0 Å². The first-order valence-corrected chi connectivity index (χ1v) is 11.1. The molecule has 0 amide bonds. The maximum atomic E-state index is 15.5. The van der Waals surface area contributed by atoms with Crippen LogP contribution in [-0.4, -0.2) is 19.9 Å². The Balaban J connectivity index is 1.63. The third kappa shape index (κ3) is 4.62. The van der Waals surface area contributed by atoms with Crippen LogP contribution < -0.4 is 5.32 Å².